The Hall–Kier alpha value is -2.76. The number of hydrogen-bond acceptors (Lipinski definition) is 3. The lowest BCUT2D eigenvalue weighted by Crippen LogP contribution is -3.27. The lowest BCUT2D eigenvalue weighted by molar-refractivity contribution is -1.02. The van der Waals surface area contributed by atoms with Gasteiger partial charge in [-0.1, -0.05) is 42.5 Å². The Morgan fingerprint density at radius 2 is 1.27 bits per heavy atom. The van der Waals surface area contributed by atoms with Crippen molar-refractivity contribution in [3.8, 4) is 17.2 Å². The van der Waals surface area contributed by atoms with Gasteiger partial charge in [0.2, 0.25) is 5.75 Å². The van der Waals surface area contributed by atoms with Crippen LogP contribution in [0.3, 0.4) is 0 Å². The molecule has 1 aliphatic rings. The van der Waals surface area contributed by atoms with Gasteiger partial charge in [0.25, 0.3) is 0 Å². The number of methoxy groups -OCH3 is 3. The van der Waals surface area contributed by atoms with Crippen LogP contribution in [0.1, 0.15) is 11.1 Å². The summed E-state index contributed by atoms with van der Waals surface area (Å²) in [5.41, 5.74) is 2.62. The number of hydrogen-bond donors (Lipinski definition) is 2. The zero-order valence-electron chi connectivity index (χ0n) is 18.2. The van der Waals surface area contributed by atoms with Crippen LogP contribution in [0.25, 0.3) is 10.8 Å². The summed E-state index contributed by atoms with van der Waals surface area (Å²) < 4.78 is 16.6. The molecule has 0 bridgehead atoms. The van der Waals surface area contributed by atoms with Crippen LogP contribution < -0.4 is 24.0 Å². The van der Waals surface area contributed by atoms with Gasteiger partial charge in [0.05, 0.1) is 26.9 Å². The predicted molar refractivity (Wildman–Crippen MR) is 119 cm³/mol. The highest BCUT2D eigenvalue weighted by atomic mass is 16.5. The van der Waals surface area contributed by atoms with Crippen LogP contribution in [0.15, 0.2) is 54.6 Å². The van der Waals surface area contributed by atoms with E-state index in [1.807, 2.05) is 6.07 Å². The third-order valence-corrected chi connectivity index (χ3v) is 6.21. The molecule has 2 N–H and O–H groups in total. The monoisotopic (exact) mass is 408 g/mol. The van der Waals surface area contributed by atoms with E-state index in [4.69, 9.17) is 14.2 Å². The maximum atomic E-state index is 5.67. The van der Waals surface area contributed by atoms with Gasteiger partial charge in [0.1, 0.15) is 39.3 Å². The van der Waals surface area contributed by atoms with Crippen molar-refractivity contribution in [1.29, 1.82) is 0 Å². The molecule has 3 aromatic rings. The zero-order chi connectivity index (χ0) is 20.9. The first-order valence-electron chi connectivity index (χ1n) is 10.6. The maximum Gasteiger partial charge on any atom is 0.203 e. The molecule has 0 unspecified atom stereocenters. The fourth-order valence-corrected chi connectivity index (χ4v) is 4.60. The number of quaternary nitrogens is 2. The summed E-state index contributed by atoms with van der Waals surface area (Å²) in [6.45, 7) is 6.68. The molecule has 0 aromatic heterocycles. The molecule has 5 nitrogen and oxygen atoms in total. The Bertz CT molecular complexity index is 992. The molecule has 158 valence electrons. The van der Waals surface area contributed by atoms with Crippen LogP contribution in [0.2, 0.25) is 0 Å². The topological polar surface area (TPSA) is 36.6 Å². The molecule has 4 rings (SSSR count). The van der Waals surface area contributed by atoms with Crippen LogP contribution in [0.4, 0.5) is 0 Å². The number of nitrogens with one attached hydrogen (secondary N) is 2. The summed E-state index contributed by atoms with van der Waals surface area (Å²) in [7, 11) is 5.01. The molecule has 0 atom stereocenters. The van der Waals surface area contributed by atoms with Gasteiger partial charge >= 0.3 is 0 Å². The SMILES string of the molecule is COc1ccc(C[NH+]2CC[NH+](Cc3cccc4ccccc34)CC2)c(OC)c1OC. The van der Waals surface area contributed by atoms with Crippen LogP contribution in [0.5, 0.6) is 17.2 Å². The highest BCUT2D eigenvalue weighted by molar-refractivity contribution is 5.85. The zero-order valence-corrected chi connectivity index (χ0v) is 18.2. The van der Waals surface area contributed by atoms with Gasteiger partial charge in [-0.3, -0.25) is 0 Å². The Morgan fingerprint density at radius 1 is 0.633 bits per heavy atom. The van der Waals surface area contributed by atoms with E-state index in [0.29, 0.717) is 11.5 Å². The lowest BCUT2D eigenvalue weighted by Gasteiger charge is -2.30. The number of rotatable bonds is 7. The van der Waals surface area contributed by atoms with Crippen LogP contribution in [-0.2, 0) is 13.1 Å². The molecular formula is C25H32N2O3+2. The van der Waals surface area contributed by atoms with Gasteiger partial charge < -0.3 is 24.0 Å². The second-order valence-corrected chi connectivity index (χ2v) is 7.99. The smallest absolute Gasteiger partial charge is 0.203 e. The largest absolute Gasteiger partial charge is 0.493 e. The van der Waals surface area contributed by atoms with Crippen molar-refractivity contribution in [2.75, 3.05) is 47.5 Å². The molecule has 0 radical (unpaired) electrons. The van der Waals surface area contributed by atoms with Crippen molar-refractivity contribution < 1.29 is 24.0 Å². The Balaban J connectivity index is 1.40. The van der Waals surface area contributed by atoms with E-state index in [-0.39, 0.29) is 0 Å². The van der Waals surface area contributed by atoms with Gasteiger partial charge in [0, 0.05) is 5.56 Å². The predicted octanol–water partition coefficient (Wildman–Crippen LogP) is 1.35. The van der Waals surface area contributed by atoms with Gasteiger partial charge in [-0.15, -0.1) is 0 Å². The average Bonchev–Trinajstić information content (AvgIpc) is 2.80. The van der Waals surface area contributed by atoms with Crippen molar-refractivity contribution in [3.05, 3.63) is 65.7 Å². The summed E-state index contributed by atoms with van der Waals surface area (Å²) in [6, 6.07) is 19.4. The molecule has 1 aliphatic heterocycles. The van der Waals surface area contributed by atoms with Crippen molar-refractivity contribution in [1.82, 2.24) is 0 Å². The second-order valence-electron chi connectivity index (χ2n) is 7.99. The highest BCUT2D eigenvalue weighted by Crippen LogP contribution is 2.39. The van der Waals surface area contributed by atoms with Crippen LogP contribution in [-0.4, -0.2) is 47.5 Å². The lowest BCUT2D eigenvalue weighted by atomic mass is 10.0. The Labute approximate surface area is 178 Å². The van der Waals surface area contributed by atoms with Gasteiger partial charge in [-0.25, -0.2) is 0 Å². The highest BCUT2D eigenvalue weighted by Gasteiger charge is 2.26. The first kappa shape index (κ1) is 20.5. The molecule has 0 aliphatic carbocycles. The van der Waals surface area contributed by atoms with Crippen LogP contribution >= 0.6 is 0 Å². The van der Waals surface area contributed by atoms with Crippen molar-refractivity contribution in [3.63, 3.8) is 0 Å². The number of ether oxygens (including phenoxy) is 3. The maximum absolute atomic E-state index is 5.67. The fourth-order valence-electron chi connectivity index (χ4n) is 4.60. The molecule has 1 fully saturated rings. The summed E-state index contributed by atoms with van der Waals surface area (Å²) in [6.07, 6.45) is 0. The molecule has 5 heteroatoms. The van der Waals surface area contributed by atoms with E-state index in [2.05, 4.69) is 48.5 Å². The van der Waals surface area contributed by atoms with Gasteiger partial charge in [0.15, 0.2) is 11.5 Å². The third kappa shape index (κ3) is 4.23. The first-order chi connectivity index (χ1) is 14.7. The molecule has 1 saturated heterocycles. The minimum absolute atomic E-state index is 0.678. The first-order valence-corrected chi connectivity index (χ1v) is 10.6. The standard InChI is InChI=1S/C25H30N2O3/c1-28-23-12-11-21(24(29-2)25(23)30-3)18-27-15-13-26(14-16-27)17-20-9-6-8-19-7-4-5-10-22(19)20/h4-12H,13-18H2,1-3H3/p+2. The summed E-state index contributed by atoms with van der Waals surface area (Å²) in [5.74, 6) is 2.17. The Kier molecular flexibility index (Phi) is 6.41. The van der Waals surface area contributed by atoms with E-state index < -0.39 is 0 Å². The number of piperazine rings is 1. The average molecular weight is 409 g/mol. The van der Waals surface area contributed by atoms with Crippen molar-refractivity contribution in [2.45, 2.75) is 13.1 Å². The molecule has 1 heterocycles. The quantitative estimate of drug-likeness (QED) is 0.620. The number of fused-ring (bicyclic) bond motifs is 1. The van der Waals surface area contributed by atoms with E-state index in [0.717, 1.165) is 31.9 Å². The summed E-state index contributed by atoms with van der Waals surface area (Å²) in [5, 5.41) is 2.72. The second kappa shape index (κ2) is 9.37. The molecule has 30 heavy (non-hydrogen) atoms. The molecule has 0 amide bonds. The summed E-state index contributed by atoms with van der Waals surface area (Å²) >= 11 is 0. The van der Waals surface area contributed by atoms with Gasteiger partial charge in [-0.2, -0.15) is 0 Å². The van der Waals surface area contributed by atoms with E-state index in [9.17, 15) is 0 Å². The van der Waals surface area contributed by atoms with Crippen molar-refractivity contribution in [2.24, 2.45) is 0 Å². The van der Waals surface area contributed by atoms with Gasteiger partial charge in [-0.05, 0) is 22.9 Å². The Morgan fingerprint density at radius 3 is 1.93 bits per heavy atom. The molecule has 3 aromatic carbocycles. The van der Waals surface area contributed by atoms with E-state index in [1.165, 1.54) is 35.0 Å². The minimum Gasteiger partial charge on any atom is -0.493 e. The van der Waals surface area contributed by atoms with Crippen LogP contribution in [0, 0.1) is 0 Å². The van der Waals surface area contributed by atoms with Crippen molar-refractivity contribution >= 4 is 10.8 Å². The molecular weight excluding hydrogens is 376 g/mol. The molecule has 0 saturated carbocycles. The summed E-state index contributed by atoms with van der Waals surface area (Å²) in [4.78, 5) is 3.25. The fraction of sp³-hybridized carbons (Fsp3) is 0.360. The molecule has 0 spiro atoms. The van der Waals surface area contributed by atoms with E-state index in [1.54, 1.807) is 31.1 Å². The van der Waals surface area contributed by atoms with E-state index >= 15 is 0 Å². The minimum atomic E-state index is 0.678. The number of benzene rings is 3. The third-order valence-electron chi connectivity index (χ3n) is 6.21. The normalized spacial score (nSPS) is 18.9.